The number of anilines is 1. The molecule has 0 radical (unpaired) electrons. The fourth-order valence-corrected chi connectivity index (χ4v) is 4.87. The van der Waals surface area contributed by atoms with E-state index in [0.29, 0.717) is 5.75 Å². The molecule has 4 aromatic rings. The van der Waals surface area contributed by atoms with E-state index in [1.165, 1.54) is 11.1 Å². The lowest BCUT2D eigenvalue weighted by molar-refractivity contribution is -0.113. The van der Waals surface area contributed by atoms with Gasteiger partial charge in [0.1, 0.15) is 5.01 Å². The predicted octanol–water partition coefficient (Wildman–Crippen LogP) is 6.31. The number of amides is 1. The minimum Gasteiger partial charge on any atom is -0.325 e. The molecule has 0 aliphatic heterocycles. The van der Waals surface area contributed by atoms with E-state index in [-0.39, 0.29) is 5.91 Å². The van der Waals surface area contributed by atoms with Crippen LogP contribution in [0.5, 0.6) is 0 Å². The summed E-state index contributed by atoms with van der Waals surface area (Å²) < 4.78 is 1.14. The molecule has 4 rings (SSSR count). The second-order valence-corrected chi connectivity index (χ2v) is 8.69. The first-order chi connectivity index (χ1) is 13.6. The highest BCUT2D eigenvalue weighted by atomic mass is 32.2. The van der Waals surface area contributed by atoms with Gasteiger partial charge in [-0.15, -0.1) is 23.1 Å². The van der Waals surface area contributed by atoms with Crippen molar-refractivity contribution in [2.45, 2.75) is 18.7 Å². The third-order valence-corrected chi connectivity index (χ3v) is 6.66. The molecule has 1 aromatic heterocycles. The van der Waals surface area contributed by atoms with E-state index in [1.807, 2.05) is 42.5 Å². The van der Waals surface area contributed by atoms with Gasteiger partial charge in [-0.1, -0.05) is 42.0 Å². The van der Waals surface area contributed by atoms with Crippen molar-refractivity contribution in [3.63, 3.8) is 0 Å². The molecule has 0 saturated carbocycles. The van der Waals surface area contributed by atoms with E-state index in [1.54, 1.807) is 23.1 Å². The lowest BCUT2D eigenvalue weighted by atomic mass is 10.2. The number of benzene rings is 3. The number of aromatic nitrogens is 1. The van der Waals surface area contributed by atoms with E-state index in [4.69, 9.17) is 4.98 Å². The van der Waals surface area contributed by atoms with Gasteiger partial charge in [0.15, 0.2) is 0 Å². The quantitative estimate of drug-likeness (QED) is 0.396. The SMILES string of the molecule is Cc1ccc(SCC(=O)Nc2ccccc2-c2nc3ccccc3s2)c(C)c1. The number of para-hydroxylation sites is 2. The molecule has 0 fully saturated rings. The fraction of sp³-hybridized carbons (Fsp3) is 0.130. The average molecular weight is 405 g/mol. The maximum Gasteiger partial charge on any atom is 0.234 e. The van der Waals surface area contributed by atoms with Crippen LogP contribution < -0.4 is 5.32 Å². The minimum atomic E-state index is -0.0152. The normalized spacial score (nSPS) is 10.9. The van der Waals surface area contributed by atoms with Gasteiger partial charge in [0, 0.05) is 10.5 Å². The van der Waals surface area contributed by atoms with E-state index in [2.05, 4.69) is 43.4 Å². The van der Waals surface area contributed by atoms with Crippen LogP contribution >= 0.6 is 23.1 Å². The minimum absolute atomic E-state index is 0.0152. The number of nitrogens with one attached hydrogen (secondary N) is 1. The van der Waals surface area contributed by atoms with Crippen molar-refractivity contribution >= 4 is 44.9 Å². The molecule has 1 amide bonds. The van der Waals surface area contributed by atoms with Crippen LogP contribution in [0.1, 0.15) is 11.1 Å². The zero-order chi connectivity index (χ0) is 19.5. The molecule has 3 nitrogen and oxygen atoms in total. The number of nitrogens with zero attached hydrogens (tertiary/aromatic N) is 1. The van der Waals surface area contributed by atoms with Gasteiger partial charge in [-0.05, 0) is 49.7 Å². The van der Waals surface area contributed by atoms with Gasteiger partial charge in [0.25, 0.3) is 0 Å². The van der Waals surface area contributed by atoms with Crippen LogP contribution in [0.2, 0.25) is 0 Å². The zero-order valence-electron chi connectivity index (χ0n) is 15.7. The first kappa shape index (κ1) is 18.7. The molecule has 0 atom stereocenters. The zero-order valence-corrected chi connectivity index (χ0v) is 17.4. The Labute approximate surface area is 172 Å². The van der Waals surface area contributed by atoms with Crippen molar-refractivity contribution in [3.05, 3.63) is 77.9 Å². The second-order valence-electron chi connectivity index (χ2n) is 6.64. The predicted molar refractivity (Wildman–Crippen MR) is 120 cm³/mol. The first-order valence-corrected chi connectivity index (χ1v) is 10.9. The van der Waals surface area contributed by atoms with Crippen LogP contribution in [0, 0.1) is 13.8 Å². The van der Waals surface area contributed by atoms with Crippen LogP contribution in [-0.4, -0.2) is 16.6 Å². The number of hydrogen-bond acceptors (Lipinski definition) is 4. The molecule has 140 valence electrons. The number of rotatable bonds is 5. The van der Waals surface area contributed by atoms with Crippen LogP contribution in [0.25, 0.3) is 20.8 Å². The van der Waals surface area contributed by atoms with Crippen molar-refractivity contribution in [3.8, 4) is 10.6 Å². The lowest BCUT2D eigenvalue weighted by Crippen LogP contribution is -2.14. The van der Waals surface area contributed by atoms with Gasteiger partial charge in [0.05, 0.1) is 21.7 Å². The Kier molecular flexibility index (Phi) is 5.46. The molecule has 3 aromatic carbocycles. The van der Waals surface area contributed by atoms with Crippen LogP contribution in [0.3, 0.4) is 0 Å². The monoisotopic (exact) mass is 404 g/mol. The average Bonchev–Trinajstić information content (AvgIpc) is 3.12. The van der Waals surface area contributed by atoms with Gasteiger partial charge in [-0.2, -0.15) is 0 Å². The molecule has 0 unspecified atom stereocenters. The first-order valence-electron chi connectivity index (χ1n) is 9.05. The Balaban J connectivity index is 1.51. The topological polar surface area (TPSA) is 42.0 Å². The highest BCUT2D eigenvalue weighted by molar-refractivity contribution is 8.00. The Morgan fingerprint density at radius 3 is 2.64 bits per heavy atom. The van der Waals surface area contributed by atoms with Gasteiger partial charge >= 0.3 is 0 Å². The molecule has 0 saturated heterocycles. The summed E-state index contributed by atoms with van der Waals surface area (Å²) in [5, 5.41) is 3.98. The summed E-state index contributed by atoms with van der Waals surface area (Å²) >= 11 is 3.20. The summed E-state index contributed by atoms with van der Waals surface area (Å²) in [6, 6.07) is 22.2. The van der Waals surface area contributed by atoms with Gasteiger partial charge < -0.3 is 5.32 Å². The maximum absolute atomic E-state index is 12.6. The van der Waals surface area contributed by atoms with E-state index in [0.717, 1.165) is 31.4 Å². The molecule has 1 heterocycles. The Morgan fingerprint density at radius 1 is 1.04 bits per heavy atom. The molecule has 28 heavy (non-hydrogen) atoms. The summed E-state index contributed by atoms with van der Waals surface area (Å²) in [5.74, 6) is 0.358. The summed E-state index contributed by atoms with van der Waals surface area (Å²) in [7, 11) is 0. The van der Waals surface area contributed by atoms with Gasteiger partial charge in [-0.3, -0.25) is 4.79 Å². The third kappa shape index (κ3) is 4.11. The van der Waals surface area contributed by atoms with Crippen LogP contribution in [0.15, 0.2) is 71.6 Å². The molecular weight excluding hydrogens is 384 g/mol. The van der Waals surface area contributed by atoms with Crippen molar-refractivity contribution in [2.75, 3.05) is 11.1 Å². The molecular formula is C23H20N2OS2. The Morgan fingerprint density at radius 2 is 1.82 bits per heavy atom. The van der Waals surface area contributed by atoms with E-state index in [9.17, 15) is 4.79 Å². The van der Waals surface area contributed by atoms with Crippen LogP contribution in [0.4, 0.5) is 5.69 Å². The molecule has 0 bridgehead atoms. The maximum atomic E-state index is 12.6. The fourth-order valence-electron chi connectivity index (χ4n) is 3.06. The molecule has 1 N–H and O–H groups in total. The lowest BCUT2D eigenvalue weighted by Gasteiger charge is -2.10. The van der Waals surface area contributed by atoms with Crippen molar-refractivity contribution in [2.24, 2.45) is 0 Å². The standard InChI is InChI=1S/C23H20N2OS2/c1-15-11-12-20(16(2)13-15)27-14-22(26)24-18-8-4-3-7-17(18)23-25-19-9-5-6-10-21(19)28-23/h3-13H,14H2,1-2H3,(H,24,26). The second kappa shape index (κ2) is 8.17. The number of carbonyl (C=O) groups excluding carboxylic acids is 1. The van der Waals surface area contributed by atoms with Crippen molar-refractivity contribution < 1.29 is 4.79 Å². The van der Waals surface area contributed by atoms with Crippen LogP contribution in [-0.2, 0) is 4.79 Å². The number of carbonyl (C=O) groups is 1. The highest BCUT2D eigenvalue weighted by Gasteiger charge is 2.13. The molecule has 0 spiro atoms. The smallest absolute Gasteiger partial charge is 0.234 e. The third-order valence-electron chi connectivity index (χ3n) is 4.41. The highest BCUT2D eigenvalue weighted by Crippen LogP contribution is 2.34. The number of thioether (sulfide) groups is 1. The van der Waals surface area contributed by atoms with Gasteiger partial charge in [-0.25, -0.2) is 4.98 Å². The van der Waals surface area contributed by atoms with E-state index >= 15 is 0 Å². The summed E-state index contributed by atoms with van der Waals surface area (Å²) in [6.45, 7) is 4.16. The summed E-state index contributed by atoms with van der Waals surface area (Å²) in [6.07, 6.45) is 0. The molecule has 0 aliphatic rings. The Bertz CT molecular complexity index is 1120. The molecule has 0 aliphatic carbocycles. The number of fused-ring (bicyclic) bond motifs is 1. The summed E-state index contributed by atoms with van der Waals surface area (Å²) in [5.41, 5.74) is 5.17. The van der Waals surface area contributed by atoms with Crippen molar-refractivity contribution in [1.29, 1.82) is 0 Å². The van der Waals surface area contributed by atoms with Crippen molar-refractivity contribution in [1.82, 2.24) is 4.98 Å². The van der Waals surface area contributed by atoms with Gasteiger partial charge in [0.2, 0.25) is 5.91 Å². The Hall–Kier alpha value is -2.63. The van der Waals surface area contributed by atoms with E-state index < -0.39 is 0 Å². The largest absolute Gasteiger partial charge is 0.325 e. The number of hydrogen-bond donors (Lipinski definition) is 1. The number of thiazole rings is 1. The number of aryl methyl sites for hydroxylation is 2. The summed E-state index contributed by atoms with van der Waals surface area (Å²) in [4.78, 5) is 18.4. The molecule has 5 heteroatoms.